The van der Waals surface area contributed by atoms with E-state index in [0.29, 0.717) is 11.4 Å². The summed E-state index contributed by atoms with van der Waals surface area (Å²) in [5.74, 6) is -10.9. The minimum Gasteiger partial charge on any atom is -0.487 e. The van der Waals surface area contributed by atoms with Gasteiger partial charge in [-0.1, -0.05) is 16.4 Å². The molecule has 0 radical (unpaired) electrons. The fourth-order valence-electron chi connectivity index (χ4n) is 2.62. The molecular formula is C19H17F5N8O2. The lowest BCUT2D eigenvalue weighted by Gasteiger charge is -2.10. The molecule has 34 heavy (non-hydrogen) atoms. The van der Waals surface area contributed by atoms with Crippen molar-refractivity contribution in [3.63, 3.8) is 0 Å². The van der Waals surface area contributed by atoms with E-state index < -0.39 is 40.8 Å². The number of anilines is 1. The van der Waals surface area contributed by atoms with Gasteiger partial charge in [0.05, 0.1) is 12.2 Å². The third kappa shape index (κ3) is 5.49. The Hall–Kier alpha value is -3.98. The summed E-state index contributed by atoms with van der Waals surface area (Å²) >= 11 is 0. The Balaban J connectivity index is 1.64. The first kappa shape index (κ1) is 24.7. The smallest absolute Gasteiger partial charge is 0.364 e. The maximum Gasteiger partial charge on any atom is 0.364 e. The molecular weight excluding hydrogens is 467 g/mol. The second-order valence-corrected chi connectivity index (χ2v) is 6.68. The van der Waals surface area contributed by atoms with Crippen molar-refractivity contribution < 1.29 is 31.5 Å². The van der Waals surface area contributed by atoms with Gasteiger partial charge in [0, 0.05) is 24.8 Å². The molecule has 2 amide bonds. The van der Waals surface area contributed by atoms with E-state index in [9.17, 15) is 26.7 Å². The lowest BCUT2D eigenvalue weighted by atomic mass is 10.2. The summed E-state index contributed by atoms with van der Waals surface area (Å²) in [6.45, 7) is 0.590. The number of rotatable bonds is 8. The Morgan fingerprint density at radius 1 is 1.06 bits per heavy atom. The van der Waals surface area contributed by atoms with Gasteiger partial charge in [-0.3, -0.25) is 0 Å². The van der Waals surface area contributed by atoms with Crippen LogP contribution >= 0.6 is 0 Å². The number of ether oxygens (including phenoxy) is 1. The lowest BCUT2D eigenvalue weighted by molar-refractivity contribution is 0.258. The quantitative estimate of drug-likeness (QED) is 0.194. The van der Waals surface area contributed by atoms with E-state index in [0.717, 1.165) is 0 Å². The van der Waals surface area contributed by atoms with Crippen molar-refractivity contribution in [1.82, 2.24) is 15.0 Å². The molecule has 0 atom stereocenters. The summed E-state index contributed by atoms with van der Waals surface area (Å²) in [5.41, 5.74) is 10.2. The Kier molecular flexibility index (Phi) is 7.80. The number of aromatic nitrogens is 3. The van der Waals surface area contributed by atoms with Gasteiger partial charge in [-0.15, -0.1) is 10.2 Å². The average molecular weight is 484 g/mol. The van der Waals surface area contributed by atoms with Crippen molar-refractivity contribution in [2.45, 2.75) is 12.6 Å². The largest absolute Gasteiger partial charge is 0.487 e. The number of nitrogens with zero attached hydrogens (tertiary/aromatic N) is 5. The predicted octanol–water partition coefficient (Wildman–Crippen LogP) is 3.33. The van der Waals surface area contributed by atoms with Crippen LogP contribution < -0.4 is 21.5 Å². The number of nitrogens with two attached hydrogens (primary N) is 2. The Bertz CT molecular complexity index is 1190. The van der Waals surface area contributed by atoms with Gasteiger partial charge in [-0.05, 0) is 12.1 Å². The summed E-state index contributed by atoms with van der Waals surface area (Å²) in [4.78, 5) is 11.9. The number of amides is 2. The maximum absolute atomic E-state index is 13.6. The van der Waals surface area contributed by atoms with Crippen molar-refractivity contribution in [2.24, 2.45) is 21.7 Å². The molecule has 0 saturated carbocycles. The maximum atomic E-state index is 13.6. The second-order valence-electron chi connectivity index (χ2n) is 6.68. The highest BCUT2D eigenvalue weighted by molar-refractivity contribution is 5.89. The van der Waals surface area contributed by atoms with Crippen molar-refractivity contribution in [1.29, 1.82) is 0 Å². The lowest BCUT2D eigenvalue weighted by Crippen LogP contribution is -2.27. The van der Waals surface area contributed by atoms with Crippen LogP contribution in [0.2, 0.25) is 0 Å². The van der Waals surface area contributed by atoms with Crippen molar-refractivity contribution in [3.8, 4) is 5.75 Å². The number of hydrogen-bond donors (Lipinski definition) is 3. The van der Waals surface area contributed by atoms with Gasteiger partial charge in [-0.2, -0.15) is 0 Å². The van der Waals surface area contributed by atoms with E-state index in [1.807, 2.05) is 0 Å². The van der Waals surface area contributed by atoms with Crippen molar-refractivity contribution in [3.05, 3.63) is 65.2 Å². The molecule has 10 nitrogen and oxygen atoms in total. The molecule has 0 bridgehead atoms. The van der Waals surface area contributed by atoms with E-state index in [2.05, 4.69) is 25.9 Å². The number of carbonyl (C=O) groups excluding carboxylic acids is 1. The first-order valence-corrected chi connectivity index (χ1v) is 9.53. The van der Waals surface area contributed by atoms with E-state index >= 15 is 0 Å². The minimum absolute atomic E-state index is 0.0270. The molecule has 180 valence electrons. The van der Waals surface area contributed by atoms with Crippen molar-refractivity contribution in [2.75, 3.05) is 18.4 Å². The molecule has 5 N–H and O–H groups in total. The number of halogens is 5. The average Bonchev–Trinajstić information content (AvgIpc) is 3.30. The van der Waals surface area contributed by atoms with Gasteiger partial charge in [-0.25, -0.2) is 31.4 Å². The van der Waals surface area contributed by atoms with Gasteiger partial charge >= 0.3 is 6.03 Å². The topological polar surface area (TPSA) is 146 Å². The molecule has 1 aromatic heterocycles. The van der Waals surface area contributed by atoms with Crippen LogP contribution in [-0.2, 0) is 6.61 Å². The molecule has 15 heteroatoms. The molecule has 0 aliphatic carbocycles. The normalized spacial score (nSPS) is 11.4. The van der Waals surface area contributed by atoms with Gasteiger partial charge in [0.15, 0.2) is 29.0 Å². The summed E-state index contributed by atoms with van der Waals surface area (Å²) in [6.07, 6.45) is 1.62. The minimum atomic E-state index is -2.35. The summed E-state index contributed by atoms with van der Waals surface area (Å²) in [5, 5.41) is 15.9. The van der Waals surface area contributed by atoms with E-state index in [-0.39, 0.29) is 31.4 Å². The summed E-state index contributed by atoms with van der Waals surface area (Å²) < 4.78 is 73.7. The van der Waals surface area contributed by atoms with Crippen LogP contribution in [0.3, 0.4) is 0 Å². The number of urea groups is 1. The molecule has 0 unspecified atom stereocenters. The standard InChI is InChI=1S/C19H17F5N8O2/c20-13-14(21)16(23)18(17(24)15(13)22)29-30-19(33)27-9-2-1-3-12(4-9)34-8-10-7-32(31-28-10)11(5-25)6-26/h1-4,7,11H,5-6,8,25-26H2,(H,27,33). The zero-order valence-corrected chi connectivity index (χ0v) is 17.2. The third-order valence-corrected chi connectivity index (χ3v) is 4.38. The van der Waals surface area contributed by atoms with Crippen LogP contribution in [0, 0.1) is 29.1 Å². The van der Waals surface area contributed by atoms with E-state index in [1.54, 1.807) is 12.3 Å². The molecule has 1 heterocycles. The number of azo groups is 1. The van der Waals surface area contributed by atoms with Crippen LogP contribution in [0.25, 0.3) is 0 Å². The highest BCUT2D eigenvalue weighted by atomic mass is 19.2. The molecule has 2 aromatic carbocycles. The second kappa shape index (κ2) is 10.8. The highest BCUT2D eigenvalue weighted by Gasteiger charge is 2.26. The van der Waals surface area contributed by atoms with Gasteiger partial charge in [0.25, 0.3) is 0 Å². The van der Waals surface area contributed by atoms with Crippen LogP contribution in [0.5, 0.6) is 5.75 Å². The van der Waals surface area contributed by atoms with Gasteiger partial charge in [0.2, 0.25) is 5.82 Å². The number of nitrogens with one attached hydrogen (secondary N) is 1. The van der Waals surface area contributed by atoms with Crippen LogP contribution in [0.4, 0.5) is 38.1 Å². The zero-order chi connectivity index (χ0) is 24.8. The SMILES string of the molecule is NCC(CN)n1cc(COc2cccc(NC(=O)N=Nc3c(F)c(F)c(F)c(F)c3F)c2)nn1. The summed E-state index contributed by atoms with van der Waals surface area (Å²) in [7, 11) is 0. The van der Waals surface area contributed by atoms with Crippen molar-refractivity contribution >= 4 is 17.4 Å². The monoisotopic (exact) mass is 484 g/mol. The molecule has 3 aromatic rings. The zero-order valence-electron chi connectivity index (χ0n) is 17.2. The molecule has 0 aliphatic rings. The fourth-order valence-corrected chi connectivity index (χ4v) is 2.62. The first-order valence-electron chi connectivity index (χ1n) is 9.53. The third-order valence-electron chi connectivity index (χ3n) is 4.38. The van der Waals surface area contributed by atoms with Crippen LogP contribution in [0.1, 0.15) is 11.7 Å². The van der Waals surface area contributed by atoms with Gasteiger partial charge < -0.3 is 21.5 Å². The highest BCUT2D eigenvalue weighted by Crippen LogP contribution is 2.29. The number of benzene rings is 2. The fraction of sp³-hybridized carbons (Fsp3) is 0.211. The predicted molar refractivity (Wildman–Crippen MR) is 108 cm³/mol. The van der Waals surface area contributed by atoms with Gasteiger partial charge in [0.1, 0.15) is 18.1 Å². The van der Waals surface area contributed by atoms with E-state index in [1.165, 1.54) is 22.9 Å². The van der Waals surface area contributed by atoms with E-state index in [4.69, 9.17) is 16.2 Å². The number of carbonyl (C=O) groups is 1. The Morgan fingerprint density at radius 3 is 2.35 bits per heavy atom. The molecule has 0 aliphatic heterocycles. The number of hydrogen-bond acceptors (Lipinski definition) is 7. The molecule has 3 rings (SSSR count). The summed E-state index contributed by atoms with van der Waals surface area (Å²) in [6, 6.07) is 4.46. The first-order chi connectivity index (χ1) is 16.2. The molecule has 0 fully saturated rings. The van der Waals surface area contributed by atoms with Crippen LogP contribution in [0.15, 0.2) is 40.7 Å². The molecule has 0 spiro atoms. The Labute approximate surface area is 188 Å². The molecule has 0 saturated heterocycles. The van der Waals surface area contributed by atoms with Crippen LogP contribution in [-0.4, -0.2) is 34.1 Å². The Morgan fingerprint density at radius 2 is 1.71 bits per heavy atom.